The number of carbonyl (C=O) groups excluding carboxylic acids is 1. The van der Waals surface area contributed by atoms with Crippen molar-refractivity contribution in [3.05, 3.63) is 46.8 Å². The van der Waals surface area contributed by atoms with E-state index in [1.165, 1.54) is 0 Å². The Morgan fingerprint density at radius 1 is 1.23 bits per heavy atom. The first kappa shape index (κ1) is 15.9. The zero-order valence-electron chi connectivity index (χ0n) is 13.4. The van der Waals surface area contributed by atoms with Gasteiger partial charge in [0.15, 0.2) is 0 Å². The number of carbonyl (C=O) groups is 1. The van der Waals surface area contributed by atoms with E-state index >= 15 is 0 Å². The molecule has 0 spiro atoms. The Kier molecular flexibility index (Phi) is 5.04. The van der Waals surface area contributed by atoms with E-state index in [1.807, 2.05) is 39.1 Å². The minimum atomic E-state index is -0.196. The molecule has 0 radical (unpaired) electrons. The lowest BCUT2D eigenvalue weighted by molar-refractivity contribution is 0.240. The Labute approximate surface area is 130 Å². The molecule has 6 heteroatoms. The minimum Gasteiger partial charge on any atom is -0.497 e. The Hall–Kier alpha value is -2.50. The van der Waals surface area contributed by atoms with Gasteiger partial charge in [0.2, 0.25) is 0 Å². The SMILES string of the molecule is COc1ccc(CNC(=O)NCc2cnn(C)c2C)c(C)c1. The van der Waals surface area contributed by atoms with Gasteiger partial charge in [0.1, 0.15) is 5.75 Å². The first-order valence-electron chi connectivity index (χ1n) is 7.14. The summed E-state index contributed by atoms with van der Waals surface area (Å²) in [6.07, 6.45) is 1.77. The smallest absolute Gasteiger partial charge is 0.315 e. The predicted molar refractivity (Wildman–Crippen MR) is 84.8 cm³/mol. The highest BCUT2D eigenvalue weighted by molar-refractivity contribution is 5.73. The van der Waals surface area contributed by atoms with E-state index in [9.17, 15) is 4.79 Å². The van der Waals surface area contributed by atoms with Crippen LogP contribution in [0.25, 0.3) is 0 Å². The molecule has 0 saturated heterocycles. The fourth-order valence-electron chi connectivity index (χ4n) is 2.12. The van der Waals surface area contributed by atoms with Crippen molar-refractivity contribution in [3.63, 3.8) is 0 Å². The van der Waals surface area contributed by atoms with Gasteiger partial charge in [-0.1, -0.05) is 6.07 Å². The summed E-state index contributed by atoms with van der Waals surface area (Å²) >= 11 is 0. The molecule has 0 aliphatic heterocycles. The first-order chi connectivity index (χ1) is 10.5. The van der Waals surface area contributed by atoms with Crippen LogP contribution in [0, 0.1) is 13.8 Å². The van der Waals surface area contributed by atoms with Crippen LogP contribution < -0.4 is 15.4 Å². The fraction of sp³-hybridized carbons (Fsp3) is 0.375. The van der Waals surface area contributed by atoms with Crippen molar-refractivity contribution in [1.82, 2.24) is 20.4 Å². The Morgan fingerprint density at radius 2 is 1.91 bits per heavy atom. The molecule has 0 aliphatic carbocycles. The number of aryl methyl sites for hydroxylation is 2. The van der Waals surface area contributed by atoms with Crippen LogP contribution in [0.3, 0.4) is 0 Å². The number of ether oxygens (including phenoxy) is 1. The number of benzene rings is 1. The second-order valence-electron chi connectivity index (χ2n) is 5.21. The van der Waals surface area contributed by atoms with E-state index in [0.29, 0.717) is 13.1 Å². The molecule has 2 aromatic rings. The molecule has 1 aromatic heterocycles. The van der Waals surface area contributed by atoms with Crippen LogP contribution in [0.2, 0.25) is 0 Å². The number of nitrogens with zero attached hydrogens (tertiary/aromatic N) is 2. The highest BCUT2D eigenvalue weighted by Crippen LogP contribution is 2.16. The summed E-state index contributed by atoms with van der Waals surface area (Å²) in [5, 5.41) is 9.84. The summed E-state index contributed by atoms with van der Waals surface area (Å²) in [6, 6.07) is 5.60. The third kappa shape index (κ3) is 3.78. The topological polar surface area (TPSA) is 68.2 Å². The normalized spacial score (nSPS) is 10.4. The molecule has 2 rings (SSSR count). The van der Waals surface area contributed by atoms with Crippen molar-refractivity contribution < 1.29 is 9.53 Å². The van der Waals surface area contributed by atoms with Crippen LogP contribution in [0.5, 0.6) is 5.75 Å². The summed E-state index contributed by atoms with van der Waals surface area (Å²) in [5.74, 6) is 0.817. The summed E-state index contributed by atoms with van der Waals surface area (Å²) < 4.78 is 6.96. The number of hydrogen-bond acceptors (Lipinski definition) is 3. The second-order valence-corrected chi connectivity index (χ2v) is 5.21. The molecule has 0 bridgehead atoms. The van der Waals surface area contributed by atoms with E-state index in [4.69, 9.17) is 4.74 Å². The fourth-order valence-corrected chi connectivity index (χ4v) is 2.12. The third-order valence-corrected chi connectivity index (χ3v) is 3.77. The highest BCUT2D eigenvalue weighted by Gasteiger charge is 2.07. The van der Waals surface area contributed by atoms with Crippen molar-refractivity contribution in [3.8, 4) is 5.75 Å². The maximum Gasteiger partial charge on any atom is 0.315 e. The van der Waals surface area contributed by atoms with Crippen molar-refractivity contribution in [1.29, 1.82) is 0 Å². The number of aromatic nitrogens is 2. The molecule has 0 unspecified atom stereocenters. The van der Waals surface area contributed by atoms with Crippen molar-refractivity contribution >= 4 is 6.03 Å². The summed E-state index contributed by atoms with van der Waals surface area (Å²) in [4.78, 5) is 11.9. The average molecular weight is 302 g/mol. The molecule has 118 valence electrons. The average Bonchev–Trinajstić information content (AvgIpc) is 2.83. The molecule has 0 fully saturated rings. The van der Waals surface area contributed by atoms with Gasteiger partial charge in [-0.3, -0.25) is 4.68 Å². The largest absolute Gasteiger partial charge is 0.497 e. The van der Waals surface area contributed by atoms with Crippen molar-refractivity contribution in [2.24, 2.45) is 7.05 Å². The van der Waals surface area contributed by atoms with Gasteiger partial charge in [-0.05, 0) is 37.1 Å². The monoisotopic (exact) mass is 302 g/mol. The lowest BCUT2D eigenvalue weighted by atomic mass is 10.1. The zero-order chi connectivity index (χ0) is 16.1. The molecule has 2 amide bonds. The van der Waals surface area contributed by atoms with Gasteiger partial charge in [-0.15, -0.1) is 0 Å². The molecule has 2 N–H and O–H groups in total. The van der Waals surface area contributed by atoms with E-state index < -0.39 is 0 Å². The first-order valence-corrected chi connectivity index (χ1v) is 7.14. The van der Waals surface area contributed by atoms with Crippen LogP contribution in [0.1, 0.15) is 22.4 Å². The molecule has 0 saturated carbocycles. The number of amides is 2. The van der Waals surface area contributed by atoms with Gasteiger partial charge < -0.3 is 15.4 Å². The number of methoxy groups -OCH3 is 1. The van der Waals surface area contributed by atoms with Gasteiger partial charge in [0.25, 0.3) is 0 Å². The van der Waals surface area contributed by atoms with E-state index in [1.54, 1.807) is 18.0 Å². The molecular weight excluding hydrogens is 280 g/mol. The number of nitrogens with one attached hydrogen (secondary N) is 2. The van der Waals surface area contributed by atoms with Gasteiger partial charge in [-0.25, -0.2) is 4.79 Å². The van der Waals surface area contributed by atoms with Crippen LogP contribution in [0.4, 0.5) is 4.79 Å². The zero-order valence-corrected chi connectivity index (χ0v) is 13.4. The molecular formula is C16H22N4O2. The minimum absolute atomic E-state index is 0.196. The number of urea groups is 1. The quantitative estimate of drug-likeness (QED) is 0.888. The van der Waals surface area contributed by atoms with Gasteiger partial charge >= 0.3 is 6.03 Å². The highest BCUT2D eigenvalue weighted by atomic mass is 16.5. The van der Waals surface area contributed by atoms with Crippen LogP contribution in [-0.4, -0.2) is 22.9 Å². The van der Waals surface area contributed by atoms with E-state index in [-0.39, 0.29) is 6.03 Å². The van der Waals surface area contributed by atoms with Gasteiger partial charge in [-0.2, -0.15) is 5.10 Å². The summed E-state index contributed by atoms with van der Waals surface area (Å²) in [5.41, 5.74) is 4.21. The maximum absolute atomic E-state index is 11.9. The molecule has 0 aliphatic rings. The molecule has 22 heavy (non-hydrogen) atoms. The predicted octanol–water partition coefficient (Wildman–Crippen LogP) is 2.04. The van der Waals surface area contributed by atoms with Gasteiger partial charge in [0.05, 0.1) is 13.3 Å². The Morgan fingerprint density at radius 3 is 2.45 bits per heavy atom. The molecule has 1 aromatic carbocycles. The number of hydrogen-bond donors (Lipinski definition) is 2. The van der Waals surface area contributed by atoms with Crippen molar-refractivity contribution in [2.75, 3.05) is 7.11 Å². The molecule has 0 atom stereocenters. The molecule has 1 heterocycles. The summed E-state index contributed by atoms with van der Waals surface area (Å²) in [7, 11) is 3.52. The van der Waals surface area contributed by atoms with Crippen LogP contribution in [0.15, 0.2) is 24.4 Å². The molecule has 6 nitrogen and oxygen atoms in total. The van der Waals surface area contributed by atoms with Crippen molar-refractivity contribution in [2.45, 2.75) is 26.9 Å². The summed E-state index contributed by atoms with van der Waals surface area (Å²) in [6.45, 7) is 4.92. The second kappa shape index (κ2) is 6.98. The Bertz CT molecular complexity index is 664. The Balaban J connectivity index is 1.84. The lowest BCUT2D eigenvalue weighted by Crippen LogP contribution is -2.34. The van der Waals surface area contributed by atoms with Crippen LogP contribution in [-0.2, 0) is 20.1 Å². The standard InChI is InChI=1S/C16H22N4O2/c1-11-7-15(22-4)6-5-13(11)8-17-16(21)18-9-14-10-19-20(3)12(14)2/h5-7,10H,8-9H2,1-4H3,(H2,17,18,21). The lowest BCUT2D eigenvalue weighted by Gasteiger charge is -2.10. The number of rotatable bonds is 5. The third-order valence-electron chi connectivity index (χ3n) is 3.77. The maximum atomic E-state index is 11.9. The van der Waals surface area contributed by atoms with E-state index in [2.05, 4.69) is 15.7 Å². The van der Waals surface area contributed by atoms with Crippen LogP contribution >= 0.6 is 0 Å². The van der Waals surface area contributed by atoms with Gasteiger partial charge in [0, 0.05) is 31.4 Å². The van der Waals surface area contributed by atoms with E-state index in [0.717, 1.165) is 28.1 Å².